The summed E-state index contributed by atoms with van der Waals surface area (Å²) in [7, 11) is 0. The van der Waals surface area contributed by atoms with E-state index in [-0.39, 0.29) is 0 Å². The number of benzene rings is 2. The fourth-order valence-electron chi connectivity index (χ4n) is 2.76. The smallest absolute Gasteiger partial charge is 0.151 e. The minimum absolute atomic E-state index is 0.681. The summed E-state index contributed by atoms with van der Waals surface area (Å²) in [5.41, 5.74) is 3.48. The lowest BCUT2D eigenvalue weighted by Crippen LogP contribution is -1.83. The Hall–Kier alpha value is -2.09. The van der Waals surface area contributed by atoms with Crippen molar-refractivity contribution in [3.8, 4) is 27.8 Å². The third kappa shape index (κ3) is 5.20. The van der Waals surface area contributed by atoms with Gasteiger partial charge in [0.05, 0.1) is 16.6 Å². The normalized spacial score (nSPS) is 10.6. The Labute approximate surface area is 163 Å². The lowest BCUT2D eigenvalue weighted by molar-refractivity contribution is 0.681. The van der Waals surface area contributed by atoms with Crippen LogP contribution in [0.1, 0.15) is 32.1 Å². The highest BCUT2D eigenvalue weighted by Gasteiger charge is 2.14. The van der Waals surface area contributed by atoms with E-state index in [0.717, 1.165) is 28.6 Å². The maximum atomic E-state index is 8.57. The summed E-state index contributed by atoms with van der Waals surface area (Å²) in [5, 5.41) is 8.57. The van der Waals surface area contributed by atoms with Gasteiger partial charge in [-0.15, -0.1) is 11.3 Å². The predicted molar refractivity (Wildman–Crippen MR) is 112 cm³/mol. The van der Waals surface area contributed by atoms with Crippen LogP contribution in [-0.4, -0.2) is 10.7 Å². The van der Waals surface area contributed by atoms with Crippen LogP contribution < -0.4 is 0 Å². The van der Waals surface area contributed by atoms with Crippen LogP contribution in [0.5, 0.6) is 0 Å². The van der Waals surface area contributed by atoms with Crippen molar-refractivity contribution in [2.45, 2.75) is 36.4 Å². The zero-order valence-corrected chi connectivity index (χ0v) is 16.4. The third-order valence-electron chi connectivity index (χ3n) is 4.10. The number of hydrogen-bond donors (Lipinski definition) is 0. The first-order valence-corrected chi connectivity index (χ1v) is 10.8. The Morgan fingerprint density at radius 3 is 2.19 bits per heavy atom. The molecule has 0 spiro atoms. The van der Waals surface area contributed by atoms with Gasteiger partial charge in [0.15, 0.2) is 4.34 Å². The SMILES string of the molecule is N#CCCCCCCSc1nc(-c2ccccc2)c(-c2ccccc2)s1. The molecule has 0 fully saturated rings. The van der Waals surface area contributed by atoms with Crippen molar-refractivity contribution in [1.29, 1.82) is 5.26 Å². The van der Waals surface area contributed by atoms with Crippen LogP contribution in [0.3, 0.4) is 0 Å². The average Bonchev–Trinajstić information content (AvgIpc) is 3.13. The van der Waals surface area contributed by atoms with Gasteiger partial charge >= 0.3 is 0 Å². The molecule has 0 radical (unpaired) electrons. The first-order valence-electron chi connectivity index (χ1n) is 9.00. The topological polar surface area (TPSA) is 36.7 Å². The first-order chi connectivity index (χ1) is 12.9. The van der Waals surface area contributed by atoms with Crippen LogP contribution in [0.15, 0.2) is 65.0 Å². The third-order valence-corrected chi connectivity index (χ3v) is 6.43. The van der Waals surface area contributed by atoms with Crippen molar-refractivity contribution >= 4 is 23.1 Å². The predicted octanol–water partition coefficient (Wildman–Crippen LogP) is 7.04. The van der Waals surface area contributed by atoms with E-state index in [9.17, 15) is 0 Å². The average molecular weight is 379 g/mol. The molecule has 0 saturated carbocycles. The van der Waals surface area contributed by atoms with E-state index >= 15 is 0 Å². The molecule has 3 aromatic rings. The van der Waals surface area contributed by atoms with Crippen LogP contribution >= 0.6 is 23.1 Å². The lowest BCUT2D eigenvalue weighted by atomic mass is 10.1. The summed E-state index contributed by atoms with van der Waals surface area (Å²) >= 11 is 3.64. The minimum Gasteiger partial charge on any atom is -0.229 e. The van der Waals surface area contributed by atoms with Gasteiger partial charge in [-0.05, 0) is 18.4 Å². The fourth-order valence-corrected chi connectivity index (χ4v) is 5.00. The Morgan fingerprint density at radius 2 is 1.50 bits per heavy atom. The highest BCUT2D eigenvalue weighted by Crippen LogP contribution is 2.40. The highest BCUT2D eigenvalue weighted by molar-refractivity contribution is 8.01. The number of thioether (sulfide) groups is 1. The lowest BCUT2D eigenvalue weighted by Gasteiger charge is -2.02. The molecular formula is C22H22N2S2. The van der Waals surface area contributed by atoms with E-state index in [4.69, 9.17) is 10.2 Å². The molecule has 1 aromatic heterocycles. The molecule has 26 heavy (non-hydrogen) atoms. The summed E-state index contributed by atoms with van der Waals surface area (Å²) in [4.78, 5) is 6.19. The molecular weight excluding hydrogens is 356 g/mol. The molecule has 0 aliphatic carbocycles. The van der Waals surface area contributed by atoms with Crippen molar-refractivity contribution in [2.75, 3.05) is 5.75 Å². The molecule has 0 unspecified atom stereocenters. The van der Waals surface area contributed by atoms with Crippen molar-refractivity contribution in [3.05, 3.63) is 60.7 Å². The summed E-state index contributed by atoms with van der Waals surface area (Å²) < 4.78 is 1.14. The number of hydrogen-bond acceptors (Lipinski definition) is 4. The molecule has 1 heterocycles. The molecule has 2 aromatic carbocycles. The second-order valence-corrected chi connectivity index (χ2v) is 8.40. The molecule has 3 rings (SSSR count). The molecule has 0 aliphatic rings. The quantitative estimate of drug-likeness (QED) is 0.296. The van der Waals surface area contributed by atoms with Gasteiger partial charge in [-0.25, -0.2) is 4.98 Å². The van der Waals surface area contributed by atoms with Crippen LogP contribution in [-0.2, 0) is 0 Å². The standard InChI is InChI=1S/C22H22N2S2/c23-16-10-2-1-3-11-17-25-22-24-20(18-12-6-4-7-13-18)21(26-22)19-14-8-5-9-15-19/h4-9,12-15H,1-3,10-11,17H2. The molecule has 0 amide bonds. The van der Waals surface area contributed by atoms with Gasteiger partial charge in [-0.3, -0.25) is 0 Å². The van der Waals surface area contributed by atoms with Gasteiger partial charge in [-0.2, -0.15) is 5.26 Å². The molecule has 4 heteroatoms. The Morgan fingerprint density at radius 1 is 0.846 bits per heavy atom. The van der Waals surface area contributed by atoms with Crippen molar-refractivity contribution in [1.82, 2.24) is 4.98 Å². The van der Waals surface area contributed by atoms with Crippen molar-refractivity contribution < 1.29 is 0 Å². The maximum Gasteiger partial charge on any atom is 0.151 e. The maximum absolute atomic E-state index is 8.57. The zero-order valence-electron chi connectivity index (χ0n) is 14.7. The van der Waals surface area contributed by atoms with E-state index in [0.29, 0.717) is 6.42 Å². The summed E-state index contributed by atoms with van der Waals surface area (Å²) in [6.07, 6.45) is 5.22. The second kappa shape index (κ2) is 10.2. The van der Waals surface area contributed by atoms with Crippen LogP contribution in [0.25, 0.3) is 21.7 Å². The largest absolute Gasteiger partial charge is 0.229 e. The van der Waals surface area contributed by atoms with Gasteiger partial charge in [0.2, 0.25) is 0 Å². The van der Waals surface area contributed by atoms with Gasteiger partial charge in [0.25, 0.3) is 0 Å². The number of nitriles is 1. The number of aromatic nitrogens is 1. The summed E-state index contributed by atoms with van der Waals surface area (Å²) in [6.45, 7) is 0. The van der Waals surface area contributed by atoms with E-state index in [1.165, 1.54) is 28.8 Å². The molecule has 0 N–H and O–H groups in total. The molecule has 132 valence electrons. The first kappa shape index (κ1) is 18.7. The number of unbranched alkanes of at least 4 members (excludes halogenated alkanes) is 4. The van der Waals surface area contributed by atoms with Gasteiger partial charge in [-0.1, -0.05) is 85.3 Å². The van der Waals surface area contributed by atoms with Gasteiger partial charge in [0, 0.05) is 17.7 Å². The van der Waals surface area contributed by atoms with Crippen LogP contribution in [0, 0.1) is 11.3 Å². The Kier molecular flexibility index (Phi) is 7.30. The summed E-state index contributed by atoms with van der Waals surface area (Å²) in [5.74, 6) is 1.09. The van der Waals surface area contributed by atoms with Gasteiger partial charge < -0.3 is 0 Å². The van der Waals surface area contributed by atoms with Crippen LogP contribution in [0.2, 0.25) is 0 Å². The minimum atomic E-state index is 0.681. The van der Waals surface area contributed by atoms with E-state index in [2.05, 4.69) is 60.7 Å². The highest BCUT2D eigenvalue weighted by atomic mass is 32.2. The molecule has 2 nitrogen and oxygen atoms in total. The van der Waals surface area contributed by atoms with Crippen molar-refractivity contribution in [3.63, 3.8) is 0 Å². The number of nitrogens with zero attached hydrogens (tertiary/aromatic N) is 2. The van der Waals surface area contributed by atoms with Crippen molar-refractivity contribution in [2.24, 2.45) is 0 Å². The van der Waals surface area contributed by atoms with E-state index in [1.54, 1.807) is 11.3 Å². The Balaban J connectivity index is 1.70. The molecule has 0 atom stereocenters. The molecule has 0 bridgehead atoms. The van der Waals surface area contributed by atoms with Gasteiger partial charge in [0.1, 0.15) is 0 Å². The molecule has 0 saturated heterocycles. The zero-order chi connectivity index (χ0) is 18.0. The second-order valence-electron chi connectivity index (χ2n) is 6.06. The number of rotatable bonds is 9. The Bertz CT molecular complexity index is 779. The summed E-state index contributed by atoms with van der Waals surface area (Å²) in [6, 6.07) is 23.2. The number of thiazole rings is 1. The van der Waals surface area contributed by atoms with Crippen LogP contribution in [0.4, 0.5) is 0 Å². The van der Waals surface area contributed by atoms with E-state index < -0.39 is 0 Å². The monoisotopic (exact) mass is 378 g/mol. The fraction of sp³-hybridized carbons (Fsp3) is 0.273. The molecule has 0 aliphatic heterocycles. The van der Waals surface area contributed by atoms with E-state index in [1.807, 2.05) is 17.8 Å².